The van der Waals surface area contributed by atoms with Crippen LogP contribution in [-0.4, -0.2) is 34.9 Å². The van der Waals surface area contributed by atoms with Crippen LogP contribution >= 0.6 is 23.4 Å². The zero-order valence-corrected chi connectivity index (χ0v) is 13.2. The largest absolute Gasteiger partial charge is 0.411 e. The summed E-state index contributed by atoms with van der Waals surface area (Å²) >= 11 is 7.14. The highest BCUT2D eigenvalue weighted by Crippen LogP contribution is 2.25. The maximum Gasteiger partial charge on any atom is 0.321 e. The molecule has 0 spiro atoms. The highest BCUT2D eigenvalue weighted by atomic mass is 35.5. The fourth-order valence-electron chi connectivity index (χ4n) is 1.49. The van der Waals surface area contributed by atoms with E-state index in [2.05, 4.69) is 20.8 Å². The summed E-state index contributed by atoms with van der Waals surface area (Å²) < 4.78 is 5.48. The monoisotopic (exact) mass is 340 g/mol. The molecule has 0 aliphatic heterocycles. The maximum absolute atomic E-state index is 11.4. The smallest absolute Gasteiger partial charge is 0.321 e. The molecule has 0 atom stereocenters. The summed E-state index contributed by atoms with van der Waals surface area (Å²) in [5.41, 5.74) is 0.726. The predicted octanol–water partition coefficient (Wildman–Crippen LogP) is 2.33. The van der Waals surface area contributed by atoms with Crippen LogP contribution in [0.2, 0.25) is 5.02 Å². The quantitative estimate of drug-likeness (QED) is 0.811. The summed E-state index contributed by atoms with van der Waals surface area (Å²) in [7, 11) is 1.44. The molecular weight excluding hydrogens is 328 g/mol. The summed E-state index contributed by atoms with van der Waals surface area (Å²) in [5.74, 6) is 0.404. The van der Waals surface area contributed by atoms with Crippen LogP contribution < -0.4 is 10.6 Å². The summed E-state index contributed by atoms with van der Waals surface area (Å²) in [6.45, 7) is 0. The molecule has 0 saturated heterocycles. The number of thioether (sulfide) groups is 1. The molecule has 1 aromatic carbocycles. The highest BCUT2D eigenvalue weighted by Gasteiger charge is 2.11. The number of halogens is 1. The van der Waals surface area contributed by atoms with Gasteiger partial charge in [-0.25, -0.2) is 4.79 Å². The molecule has 22 heavy (non-hydrogen) atoms. The number of amides is 3. The van der Waals surface area contributed by atoms with Crippen molar-refractivity contribution in [3.63, 3.8) is 0 Å². The van der Waals surface area contributed by atoms with Gasteiger partial charge in [-0.05, 0) is 18.2 Å². The number of aromatic nitrogens is 2. The number of carbonyl (C=O) groups excluding carboxylic acids is 2. The van der Waals surface area contributed by atoms with Gasteiger partial charge in [0.15, 0.2) is 0 Å². The summed E-state index contributed by atoms with van der Waals surface area (Å²) in [6.07, 6.45) is 0.160. The molecule has 0 aliphatic rings. The summed E-state index contributed by atoms with van der Waals surface area (Å²) in [6, 6.07) is 6.54. The van der Waals surface area contributed by atoms with Crippen molar-refractivity contribution in [2.75, 3.05) is 12.8 Å². The van der Waals surface area contributed by atoms with Crippen LogP contribution in [-0.2, 0) is 4.79 Å². The van der Waals surface area contributed by atoms with Gasteiger partial charge in [0.25, 0.3) is 5.22 Å². The Balaban J connectivity index is 1.85. The van der Waals surface area contributed by atoms with Gasteiger partial charge in [-0.1, -0.05) is 29.4 Å². The van der Waals surface area contributed by atoms with Crippen molar-refractivity contribution in [2.24, 2.45) is 0 Å². The molecule has 2 aromatic rings. The lowest BCUT2D eigenvalue weighted by Gasteiger charge is -2.01. The Morgan fingerprint density at radius 3 is 2.91 bits per heavy atom. The lowest BCUT2D eigenvalue weighted by molar-refractivity contribution is -0.119. The molecule has 1 heterocycles. The van der Waals surface area contributed by atoms with Gasteiger partial charge >= 0.3 is 6.03 Å². The third-order valence-corrected chi connectivity index (χ3v) is 3.57. The second kappa shape index (κ2) is 7.81. The van der Waals surface area contributed by atoms with E-state index in [0.29, 0.717) is 21.9 Å². The Kier molecular flexibility index (Phi) is 5.79. The number of benzene rings is 1. The minimum Gasteiger partial charge on any atom is -0.411 e. The molecule has 0 bridgehead atoms. The number of urea groups is 1. The zero-order valence-electron chi connectivity index (χ0n) is 11.6. The Morgan fingerprint density at radius 1 is 1.36 bits per heavy atom. The fourth-order valence-corrected chi connectivity index (χ4v) is 2.38. The van der Waals surface area contributed by atoms with Gasteiger partial charge in [-0.15, -0.1) is 10.2 Å². The number of imide groups is 1. The average molecular weight is 341 g/mol. The van der Waals surface area contributed by atoms with Crippen molar-refractivity contribution in [2.45, 2.75) is 11.6 Å². The Bertz CT molecular complexity index is 677. The minimum atomic E-state index is -0.531. The number of hydrogen-bond acceptors (Lipinski definition) is 6. The SMILES string of the molecule is CNC(=O)NC(=O)CCSc1nnc(-c2cccc(Cl)c2)o1. The van der Waals surface area contributed by atoms with Crippen LogP contribution in [0.5, 0.6) is 0 Å². The van der Waals surface area contributed by atoms with Crippen molar-refractivity contribution in [3.8, 4) is 11.5 Å². The maximum atomic E-state index is 11.4. The molecule has 1 aromatic heterocycles. The molecule has 116 valence electrons. The Morgan fingerprint density at radius 2 is 2.18 bits per heavy atom. The van der Waals surface area contributed by atoms with Crippen molar-refractivity contribution >= 4 is 35.3 Å². The van der Waals surface area contributed by atoms with E-state index in [0.717, 1.165) is 5.56 Å². The normalized spacial score (nSPS) is 10.3. The van der Waals surface area contributed by atoms with E-state index in [1.807, 2.05) is 6.07 Å². The predicted molar refractivity (Wildman–Crippen MR) is 82.7 cm³/mol. The highest BCUT2D eigenvalue weighted by molar-refractivity contribution is 7.99. The van der Waals surface area contributed by atoms with Crippen LogP contribution in [0.15, 0.2) is 33.9 Å². The molecule has 0 unspecified atom stereocenters. The van der Waals surface area contributed by atoms with Gasteiger partial charge in [0.05, 0.1) is 0 Å². The minimum absolute atomic E-state index is 0.160. The van der Waals surface area contributed by atoms with Crippen LogP contribution in [0.4, 0.5) is 4.79 Å². The average Bonchev–Trinajstić information content (AvgIpc) is 2.96. The molecule has 9 heteroatoms. The van der Waals surface area contributed by atoms with Gasteiger partial charge in [0, 0.05) is 29.8 Å². The molecule has 0 fully saturated rings. The van der Waals surface area contributed by atoms with Crippen LogP contribution in [0, 0.1) is 0 Å². The molecule has 2 N–H and O–H groups in total. The lowest BCUT2D eigenvalue weighted by Crippen LogP contribution is -2.37. The van der Waals surface area contributed by atoms with Crippen LogP contribution in [0.1, 0.15) is 6.42 Å². The number of nitrogens with one attached hydrogen (secondary N) is 2. The van der Waals surface area contributed by atoms with Gasteiger partial charge in [0.2, 0.25) is 11.8 Å². The number of rotatable bonds is 5. The fraction of sp³-hybridized carbons (Fsp3) is 0.231. The molecule has 2 rings (SSSR count). The van der Waals surface area contributed by atoms with Gasteiger partial charge < -0.3 is 9.73 Å². The lowest BCUT2D eigenvalue weighted by atomic mass is 10.2. The van der Waals surface area contributed by atoms with E-state index in [-0.39, 0.29) is 12.3 Å². The standard InChI is InChI=1S/C13H13ClN4O3S/c1-15-12(20)16-10(19)5-6-22-13-18-17-11(21-13)8-3-2-4-9(14)7-8/h2-4,7H,5-6H2,1H3,(H2,15,16,19,20). The molecule has 3 amide bonds. The third kappa shape index (κ3) is 4.74. The van der Waals surface area contributed by atoms with E-state index in [4.69, 9.17) is 16.0 Å². The molecule has 0 saturated carbocycles. The van der Waals surface area contributed by atoms with Crippen molar-refractivity contribution in [1.82, 2.24) is 20.8 Å². The van der Waals surface area contributed by atoms with E-state index in [1.165, 1.54) is 18.8 Å². The Hall–Kier alpha value is -2.06. The third-order valence-electron chi connectivity index (χ3n) is 2.51. The molecular formula is C13H13ClN4O3S. The van der Waals surface area contributed by atoms with E-state index >= 15 is 0 Å². The molecule has 7 nitrogen and oxygen atoms in total. The first-order chi connectivity index (χ1) is 10.6. The second-order valence-corrected chi connectivity index (χ2v) is 5.59. The van der Waals surface area contributed by atoms with Gasteiger partial charge in [-0.3, -0.25) is 10.1 Å². The van der Waals surface area contributed by atoms with Crippen molar-refractivity contribution in [1.29, 1.82) is 0 Å². The van der Waals surface area contributed by atoms with Gasteiger partial charge in [-0.2, -0.15) is 0 Å². The number of hydrogen-bond donors (Lipinski definition) is 2. The van der Waals surface area contributed by atoms with Gasteiger partial charge in [0.1, 0.15) is 0 Å². The second-order valence-electron chi connectivity index (χ2n) is 4.11. The van der Waals surface area contributed by atoms with Crippen molar-refractivity contribution in [3.05, 3.63) is 29.3 Å². The zero-order chi connectivity index (χ0) is 15.9. The summed E-state index contributed by atoms with van der Waals surface area (Å²) in [5, 5.41) is 13.2. The first kappa shape index (κ1) is 16.3. The molecule has 0 radical (unpaired) electrons. The first-order valence-corrected chi connectivity index (χ1v) is 7.68. The topological polar surface area (TPSA) is 97.1 Å². The summed E-state index contributed by atoms with van der Waals surface area (Å²) in [4.78, 5) is 22.3. The van der Waals surface area contributed by atoms with Crippen LogP contribution in [0.3, 0.4) is 0 Å². The van der Waals surface area contributed by atoms with E-state index in [1.54, 1.807) is 18.2 Å². The number of carbonyl (C=O) groups is 2. The van der Waals surface area contributed by atoms with E-state index in [9.17, 15) is 9.59 Å². The van der Waals surface area contributed by atoms with Crippen LogP contribution in [0.25, 0.3) is 11.5 Å². The van der Waals surface area contributed by atoms with E-state index < -0.39 is 6.03 Å². The number of nitrogens with zero attached hydrogens (tertiary/aromatic N) is 2. The Labute approximate surface area is 135 Å². The molecule has 0 aliphatic carbocycles. The van der Waals surface area contributed by atoms with Crippen molar-refractivity contribution < 1.29 is 14.0 Å². The first-order valence-electron chi connectivity index (χ1n) is 6.32.